The Morgan fingerprint density at radius 3 is 2.64 bits per heavy atom. The van der Waals surface area contributed by atoms with E-state index in [9.17, 15) is 9.59 Å². The molecule has 0 aliphatic carbocycles. The number of amides is 1. The molecule has 3 aliphatic heterocycles. The third-order valence-corrected chi connectivity index (χ3v) is 7.72. The monoisotopic (exact) mass is 610 g/mol. The van der Waals surface area contributed by atoms with Gasteiger partial charge in [-0.2, -0.15) is 0 Å². The first-order chi connectivity index (χ1) is 17.4. The topological polar surface area (TPSA) is 110 Å². The molecule has 36 heavy (non-hydrogen) atoms. The number of hydrogen-bond donors (Lipinski definition) is 3. The van der Waals surface area contributed by atoms with Crippen LogP contribution >= 0.6 is 22.9 Å². The molecular weight excluding hydrogens is 575 g/mol. The summed E-state index contributed by atoms with van der Waals surface area (Å²) in [6, 6.07) is 8.40. The first kappa shape index (κ1) is 26.7. The van der Waals surface area contributed by atoms with Gasteiger partial charge in [0.2, 0.25) is 12.3 Å². The van der Waals surface area contributed by atoms with Crippen molar-refractivity contribution in [1.82, 2.24) is 23.5 Å². The second kappa shape index (κ2) is 12.2. The van der Waals surface area contributed by atoms with Gasteiger partial charge in [-0.1, -0.05) is 37.6 Å². The molecule has 0 bridgehead atoms. The highest BCUT2D eigenvalue weighted by Gasteiger charge is 2.37. The summed E-state index contributed by atoms with van der Waals surface area (Å²) in [5.41, 5.74) is 2.76. The quantitative estimate of drug-likeness (QED) is 0.170. The minimum Gasteiger partial charge on any atom is -0.469 e. The lowest BCUT2D eigenvalue weighted by Crippen LogP contribution is -2.59. The van der Waals surface area contributed by atoms with Gasteiger partial charge in [-0.15, -0.1) is 0 Å². The van der Waals surface area contributed by atoms with Crippen molar-refractivity contribution in [2.45, 2.75) is 52.0 Å². The van der Waals surface area contributed by atoms with Crippen molar-refractivity contribution in [3.05, 3.63) is 46.9 Å². The maximum absolute atomic E-state index is 12.5. The molecule has 1 aromatic rings. The first-order valence-electron chi connectivity index (χ1n) is 12.5. The van der Waals surface area contributed by atoms with Crippen LogP contribution in [0.4, 0.5) is 0 Å². The van der Waals surface area contributed by atoms with Crippen molar-refractivity contribution in [2.24, 2.45) is 5.92 Å². The summed E-state index contributed by atoms with van der Waals surface area (Å²) in [6.07, 6.45) is 3.13. The summed E-state index contributed by atoms with van der Waals surface area (Å²) < 4.78 is 12.5. The van der Waals surface area contributed by atoms with Crippen molar-refractivity contribution in [3.63, 3.8) is 0 Å². The molecule has 1 amide bonds. The van der Waals surface area contributed by atoms with Gasteiger partial charge in [0.1, 0.15) is 11.5 Å². The molecule has 1 atom stereocenters. The molecule has 0 radical (unpaired) electrons. The van der Waals surface area contributed by atoms with Gasteiger partial charge in [0, 0.05) is 13.1 Å². The van der Waals surface area contributed by atoms with Gasteiger partial charge in [-0.3, -0.25) is 23.0 Å². The number of unbranched alkanes of at least 4 members (excludes halogenated alkanes) is 1. The van der Waals surface area contributed by atoms with E-state index in [2.05, 4.69) is 40.7 Å². The smallest absolute Gasteiger partial charge is 0.308 e. The molecule has 0 spiro atoms. The molecule has 4 rings (SSSR count). The van der Waals surface area contributed by atoms with Crippen LogP contribution in [-0.4, -0.2) is 70.3 Å². The number of ether oxygens (including phenoxy) is 2. The molecule has 3 aliphatic rings. The average Bonchev–Trinajstić information content (AvgIpc) is 2.88. The number of hydrogen-bond acceptors (Lipinski definition) is 8. The van der Waals surface area contributed by atoms with Crippen molar-refractivity contribution in [1.29, 1.82) is 5.41 Å². The van der Waals surface area contributed by atoms with Crippen LogP contribution in [0.1, 0.15) is 43.7 Å². The van der Waals surface area contributed by atoms with Crippen molar-refractivity contribution < 1.29 is 19.1 Å². The third-order valence-electron chi connectivity index (χ3n) is 6.74. The van der Waals surface area contributed by atoms with Gasteiger partial charge in [-0.05, 0) is 43.5 Å². The van der Waals surface area contributed by atoms with Gasteiger partial charge >= 0.3 is 5.97 Å². The highest BCUT2D eigenvalue weighted by Crippen LogP contribution is 2.26. The van der Waals surface area contributed by atoms with Crippen LogP contribution < -0.4 is 10.6 Å². The molecule has 10 nitrogen and oxygen atoms in total. The van der Waals surface area contributed by atoms with Crippen LogP contribution in [0.5, 0.6) is 0 Å². The lowest BCUT2D eigenvalue weighted by Gasteiger charge is -2.42. The van der Waals surface area contributed by atoms with E-state index in [-0.39, 0.29) is 30.2 Å². The fourth-order valence-corrected chi connectivity index (χ4v) is 5.30. The number of halogens is 1. The van der Waals surface area contributed by atoms with Gasteiger partial charge < -0.3 is 25.0 Å². The number of nitrogens with zero attached hydrogens (tertiary/aromatic N) is 3. The summed E-state index contributed by atoms with van der Waals surface area (Å²) in [4.78, 5) is 28.6. The van der Waals surface area contributed by atoms with Crippen molar-refractivity contribution in [3.8, 4) is 0 Å². The summed E-state index contributed by atoms with van der Waals surface area (Å²) in [6.45, 7) is 5.99. The lowest BCUT2D eigenvalue weighted by molar-refractivity contribution is -0.147. The minimum absolute atomic E-state index is 0.000254. The summed E-state index contributed by atoms with van der Waals surface area (Å²) >= 11 is 2.05. The second-order valence-electron chi connectivity index (χ2n) is 9.40. The normalized spacial score (nSPS) is 21.2. The zero-order chi connectivity index (χ0) is 25.7. The molecule has 1 saturated heterocycles. The Balaban J connectivity index is 1.43. The molecule has 0 saturated carbocycles. The molecule has 1 aromatic carbocycles. The number of methoxy groups -OCH3 is 1. The predicted octanol–water partition coefficient (Wildman–Crippen LogP) is 2.51. The highest BCUT2D eigenvalue weighted by atomic mass is 127. The number of carbonyl (C=O) groups is 2. The summed E-state index contributed by atoms with van der Waals surface area (Å²) in [5, 5.41) is 14.8. The second-order valence-corrected chi connectivity index (χ2v) is 10.4. The van der Waals surface area contributed by atoms with Gasteiger partial charge in [0.15, 0.2) is 5.84 Å². The number of nitrogens with one attached hydrogen (secondary N) is 3. The predicted molar refractivity (Wildman–Crippen MR) is 143 cm³/mol. The molecule has 3 N–H and O–H groups in total. The molecule has 1 fully saturated rings. The Kier molecular flexibility index (Phi) is 9.07. The van der Waals surface area contributed by atoms with Gasteiger partial charge in [0.25, 0.3) is 0 Å². The van der Waals surface area contributed by atoms with E-state index in [0.717, 1.165) is 50.9 Å². The summed E-state index contributed by atoms with van der Waals surface area (Å²) in [5.74, 6) is 0.682. The highest BCUT2D eigenvalue weighted by molar-refractivity contribution is 14.1. The maximum atomic E-state index is 12.5. The number of amidine groups is 1. The molecule has 0 aromatic heterocycles. The zero-order valence-electron chi connectivity index (χ0n) is 20.9. The standard InChI is InChI=1S/C25H35IN6O4/c1-3-4-12-36-25-29-23-21(22(27)32(25)26)28-20(33)16-31(23)15-18-7-5-6-17(13-18)14-30-10-8-19(9-11-30)24(34)35-2/h5-7,13,19,25,27,29H,3-4,8-12,14-16H2,1-2H3,(H,28,33). The third kappa shape index (κ3) is 6.30. The maximum Gasteiger partial charge on any atom is 0.308 e. The largest absolute Gasteiger partial charge is 0.469 e. The Hall–Kier alpha value is -2.38. The fraction of sp³-hybridized carbons (Fsp3) is 0.560. The number of carbonyl (C=O) groups excluding carboxylic acids is 2. The molecule has 3 heterocycles. The number of piperidine rings is 1. The van der Waals surface area contributed by atoms with Crippen LogP contribution in [0.15, 0.2) is 35.8 Å². The molecule has 1 unspecified atom stereocenters. The Morgan fingerprint density at radius 1 is 1.22 bits per heavy atom. The summed E-state index contributed by atoms with van der Waals surface area (Å²) in [7, 11) is 1.45. The average molecular weight is 610 g/mol. The van der Waals surface area contributed by atoms with Crippen LogP contribution in [-0.2, 0) is 32.2 Å². The zero-order valence-corrected chi connectivity index (χ0v) is 23.0. The Labute approximate surface area is 226 Å². The van der Waals surface area contributed by atoms with Crippen LogP contribution in [0.25, 0.3) is 0 Å². The molecular formula is C25H35IN6O4. The van der Waals surface area contributed by atoms with Crippen molar-refractivity contribution >= 4 is 40.6 Å². The van der Waals surface area contributed by atoms with E-state index in [0.29, 0.717) is 24.7 Å². The van der Waals surface area contributed by atoms with Gasteiger partial charge in [0.05, 0.1) is 49.0 Å². The Bertz CT molecular complexity index is 1010. The minimum atomic E-state index is -0.472. The van der Waals surface area contributed by atoms with Crippen LogP contribution in [0, 0.1) is 11.3 Å². The van der Waals surface area contributed by atoms with Crippen LogP contribution in [0.3, 0.4) is 0 Å². The SMILES string of the molecule is CCCCOC1NC2=C(NC(=O)CN2Cc2cccc(CN3CCC(C(=O)OC)CC3)c2)C(=N)N1I. The van der Waals surface area contributed by atoms with E-state index in [1.807, 2.05) is 33.8 Å². The van der Waals surface area contributed by atoms with E-state index >= 15 is 0 Å². The number of rotatable bonds is 9. The number of benzene rings is 1. The van der Waals surface area contributed by atoms with E-state index in [1.54, 1.807) is 3.11 Å². The van der Waals surface area contributed by atoms with Crippen LogP contribution in [0.2, 0.25) is 0 Å². The van der Waals surface area contributed by atoms with Crippen molar-refractivity contribution in [2.75, 3.05) is 33.4 Å². The number of esters is 1. The first-order valence-corrected chi connectivity index (χ1v) is 13.4. The number of likely N-dealkylation sites (tertiary alicyclic amines) is 1. The fourth-order valence-electron chi connectivity index (χ4n) is 4.76. The van der Waals surface area contributed by atoms with E-state index in [4.69, 9.17) is 14.9 Å². The Morgan fingerprint density at radius 2 is 1.94 bits per heavy atom. The van der Waals surface area contributed by atoms with E-state index < -0.39 is 6.35 Å². The molecule has 196 valence electrons. The molecule has 11 heteroatoms. The van der Waals surface area contributed by atoms with Gasteiger partial charge in [-0.25, -0.2) is 0 Å². The lowest BCUT2D eigenvalue weighted by atomic mass is 9.96. The van der Waals surface area contributed by atoms with E-state index in [1.165, 1.54) is 12.7 Å².